The number of thiocarbonyl (C=S) groups is 1. The Labute approximate surface area is 179 Å². The highest BCUT2D eigenvalue weighted by atomic mass is 32.2. The van der Waals surface area contributed by atoms with E-state index < -0.39 is 17.9 Å². The largest absolute Gasteiger partial charge is 0.497 e. The van der Waals surface area contributed by atoms with E-state index in [1.54, 1.807) is 25.3 Å². The van der Waals surface area contributed by atoms with Gasteiger partial charge in [0.25, 0.3) is 5.91 Å². The molecule has 1 aliphatic heterocycles. The van der Waals surface area contributed by atoms with E-state index in [-0.39, 0.29) is 18.9 Å². The van der Waals surface area contributed by atoms with E-state index in [0.29, 0.717) is 22.1 Å². The van der Waals surface area contributed by atoms with Crippen molar-refractivity contribution in [1.82, 2.24) is 10.2 Å². The van der Waals surface area contributed by atoms with Gasteiger partial charge < -0.3 is 15.2 Å². The number of amides is 2. The number of aliphatic carboxylic acids is 1. The molecular weight excluding hydrogens is 412 g/mol. The number of carbonyl (C=O) groups excluding carboxylic acids is 2. The van der Waals surface area contributed by atoms with Gasteiger partial charge in [0.2, 0.25) is 5.91 Å². The number of unbranched alkanes of at least 4 members (excludes halogenated alkanes) is 1. The molecule has 2 rings (SSSR count). The van der Waals surface area contributed by atoms with E-state index in [1.165, 1.54) is 16.7 Å². The number of ether oxygens (including phenoxy) is 1. The fourth-order valence-corrected chi connectivity index (χ4v) is 4.00. The molecule has 1 aromatic rings. The van der Waals surface area contributed by atoms with E-state index in [4.69, 9.17) is 17.0 Å². The van der Waals surface area contributed by atoms with E-state index in [1.807, 2.05) is 19.1 Å². The molecule has 7 nitrogen and oxygen atoms in total. The number of carbonyl (C=O) groups is 3. The predicted octanol–water partition coefficient (Wildman–Crippen LogP) is 3.05. The predicted molar refractivity (Wildman–Crippen MR) is 117 cm³/mol. The summed E-state index contributed by atoms with van der Waals surface area (Å²) in [6, 6.07) is 6.36. The third-order valence-corrected chi connectivity index (χ3v) is 5.71. The maximum Gasteiger partial charge on any atom is 0.326 e. The van der Waals surface area contributed by atoms with E-state index in [2.05, 4.69) is 5.32 Å². The van der Waals surface area contributed by atoms with Gasteiger partial charge in [0.15, 0.2) is 0 Å². The highest BCUT2D eigenvalue weighted by Gasteiger charge is 2.32. The highest BCUT2D eigenvalue weighted by Crippen LogP contribution is 2.32. The molecule has 1 aliphatic rings. The van der Waals surface area contributed by atoms with Crippen LogP contribution in [-0.2, 0) is 14.4 Å². The van der Waals surface area contributed by atoms with Crippen LogP contribution in [0.25, 0.3) is 6.08 Å². The summed E-state index contributed by atoms with van der Waals surface area (Å²) in [7, 11) is 1.58. The third-order valence-electron chi connectivity index (χ3n) is 4.33. The maximum atomic E-state index is 12.6. The summed E-state index contributed by atoms with van der Waals surface area (Å²) in [6.07, 6.45) is 3.66. The van der Waals surface area contributed by atoms with Crippen molar-refractivity contribution in [3.63, 3.8) is 0 Å². The molecule has 1 atom stereocenters. The first-order valence-electron chi connectivity index (χ1n) is 9.27. The number of hydrogen-bond acceptors (Lipinski definition) is 6. The number of rotatable bonds is 10. The van der Waals surface area contributed by atoms with Gasteiger partial charge in [-0.2, -0.15) is 0 Å². The average molecular weight is 437 g/mol. The zero-order valence-electron chi connectivity index (χ0n) is 16.3. The normalized spacial score (nSPS) is 16.2. The molecule has 29 heavy (non-hydrogen) atoms. The van der Waals surface area contributed by atoms with Gasteiger partial charge in [-0.05, 0) is 30.2 Å². The summed E-state index contributed by atoms with van der Waals surface area (Å²) in [5.41, 5.74) is 0.837. The summed E-state index contributed by atoms with van der Waals surface area (Å²) in [4.78, 5) is 37.9. The Morgan fingerprint density at radius 2 is 2.03 bits per heavy atom. The number of methoxy groups -OCH3 is 1. The quantitative estimate of drug-likeness (QED) is 0.430. The molecular formula is C20H24N2O5S2. The van der Waals surface area contributed by atoms with Crippen LogP contribution in [0.1, 0.15) is 38.2 Å². The zero-order valence-corrected chi connectivity index (χ0v) is 18.0. The van der Waals surface area contributed by atoms with E-state index >= 15 is 0 Å². The number of thioether (sulfide) groups is 1. The topological polar surface area (TPSA) is 95.9 Å². The lowest BCUT2D eigenvalue weighted by atomic mass is 10.1. The van der Waals surface area contributed by atoms with E-state index in [0.717, 1.165) is 17.7 Å². The number of hydrogen-bond donors (Lipinski definition) is 2. The van der Waals surface area contributed by atoms with Gasteiger partial charge in [-0.25, -0.2) is 4.79 Å². The van der Waals surface area contributed by atoms with Crippen LogP contribution >= 0.6 is 24.0 Å². The van der Waals surface area contributed by atoms with Crippen LogP contribution in [0.4, 0.5) is 0 Å². The highest BCUT2D eigenvalue weighted by molar-refractivity contribution is 8.26. The number of carboxylic acids is 1. The van der Waals surface area contributed by atoms with Crippen LogP contribution in [-0.4, -0.2) is 51.8 Å². The number of nitrogens with one attached hydrogen (secondary N) is 1. The molecule has 0 unspecified atom stereocenters. The lowest BCUT2D eigenvalue weighted by molar-refractivity contribution is -0.142. The Morgan fingerprint density at radius 1 is 1.34 bits per heavy atom. The van der Waals surface area contributed by atoms with Crippen LogP contribution in [0.5, 0.6) is 5.75 Å². The SMILES string of the molecule is CCCC[C@@H](NC(=O)CCN1C(=O)/C(=C\c2ccc(OC)cc2)SC1=S)C(=O)O. The number of carboxylic acid groups (broad SMARTS) is 1. The van der Waals surface area contributed by atoms with Gasteiger partial charge in [0.1, 0.15) is 16.1 Å². The van der Waals surface area contributed by atoms with Crippen molar-refractivity contribution in [1.29, 1.82) is 0 Å². The fraction of sp³-hybridized carbons (Fsp3) is 0.400. The van der Waals surface area contributed by atoms with Gasteiger partial charge in [-0.15, -0.1) is 0 Å². The van der Waals surface area contributed by atoms with Gasteiger partial charge in [-0.1, -0.05) is 55.9 Å². The Balaban J connectivity index is 1.94. The molecule has 1 saturated heterocycles. The van der Waals surface area contributed by atoms with Gasteiger partial charge >= 0.3 is 5.97 Å². The lowest BCUT2D eigenvalue weighted by Gasteiger charge is -2.17. The summed E-state index contributed by atoms with van der Waals surface area (Å²) in [5, 5.41) is 11.7. The molecule has 0 spiro atoms. The molecule has 0 radical (unpaired) electrons. The average Bonchev–Trinajstić information content (AvgIpc) is 2.96. The Kier molecular flexibility index (Phi) is 8.66. The molecule has 156 valence electrons. The van der Waals surface area contributed by atoms with Crippen molar-refractivity contribution in [2.24, 2.45) is 0 Å². The van der Waals surface area contributed by atoms with Crippen LogP contribution < -0.4 is 10.1 Å². The fourth-order valence-electron chi connectivity index (χ4n) is 2.69. The standard InChI is InChI=1S/C20H24N2O5S2/c1-3-4-5-15(19(25)26)21-17(23)10-11-22-18(24)16(29-20(22)28)12-13-6-8-14(27-2)9-7-13/h6-9,12,15H,3-5,10-11H2,1-2H3,(H,21,23)(H,25,26)/b16-12+/t15-/m1/s1. The van der Waals surface area contributed by atoms with Crippen LogP contribution in [0, 0.1) is 0 Å². The minimum atomic E-state index is -1.06. The Hall–Kier alpha value is -2.39. The second-order valence-corrected chi connectivity index (χ2v) is 8.13. The minimum Gasteiger partial charge on any atom is -0.497 e. The Morgan fingerprint density at radius 3 is 2.62 bits per heavy atom. The minimum absolute atomic E-state index is 0.0157. The molecule has 1 heterocycles. The Bertz CT molecular complexity index is 808. The van der Waals surface area contributed by atoms with Crippen molar-refractivity contribution in [2.45, 2.75) is 38.6 Å². The van der Waals surface area contributed by atoms with Crippen molar-refractivity contribution in [3.05, 3.63) is 34.7 Å². The molecule has 0 aromatic heterocycles. The van der Waals surface area contributed by atoms with Crippen LogP contribution in [0.15, 0.2) is 29.2 Å². The molecule has 0 saturated carbocycles. The number of benzene rings is 1. The first-order valence-corrected chi connectivity index (χ1v) is 10.5. The summed E-state index contributed by atoms with van der Waals surface area (Å²) < 4.78 is 5.49. The van der Waals surface area contributed by atoms with Crippen molar-refractivity contribution in [3.8, 4) is 5.75 Å². The molecule has 2 N–H and O–H groups in total. The van der Waals surface area contributed by atoms with Gasteiger partial charge in [-0.3, -0.25) is 14.5 Å². The second-order valence-electron chi connectivity index (χ2n) is 6.46. The molecule has 1 fully saturated rings. The molecule has 0 bridgehead atoms. The molecule has 1 aromatic carbocycles. The monoisotopic (exact) mass is 436 g/mol. The third kappa shape index (κ3) is 6.57. The van der Waals surface area contributed by atoms with E-state index in [9.17, 15) is 19.5 Å². The van der Waals surface area contributed by atoms with Crippen molar-refractivity contribution in [2.75, 3.05) is 13.7 Å². The maximum absolute atomic E-state index is 12.6. The lowest BCUT2D eigenvalue weighted by Crippen LogP contribution is -2.42. The second kappa shape index (κ2) is 11.0. The first kappa shape index (κ1) is 22.9. The number of nitrogens with zero attached hydrogens (tertiary/aromatic N) is 1. The van der Waals surface area contributed by atoms with Gasteiger partial charge in [0.05, 0.1) is 12.0 Å². The smallest absolute Gasteiger partial charge is 0.326 e. The molecule has 2 amide bonds. The van der Waals surface area contributed by atoms with Crippen LogP contribution in [0.2, 0.25) is 0 Å². The summed E-state index contributed by atoms with van der Waals surface area (Å²) in [5.74, 6) is -1.01. The summed E-state index contributed by atoms with van der Waals surface area (Å²) >= 11 is 6.45. The van der Waals surface area contributed by atoms with Gasteiger partial charge in [0, 0.05) is 13.0 Å². The zero-order chi connectivity index (χ0) is 21.4. The first-order chi connectivity index (χ1) is 13.8. The van der Waals surface area contributed by atoms with Crippen molar-refractivity contribution < 1.29 is 24.2 Å². The molecule has 0 aliphatic carbocycles. The summed E-state index contributed by atoms with van der Waals surface area (Å²) in [6.45, 7) is 2.06. The molecule has 9 heteroatoms. The van der Waals surface area contributed by atoms with Crippen molar-refractivity contribution >= 4 is 52.2 Å². The van der Waals surface area contributed by atoms with Crippen LogP contribution in [0.3, 0.4) is 0 Å².